The molecule has 23 nitrogen and oxygen atoms in total. The molecule has 7 amide bonds. The number of nitrogens with zero attached hydrogens (tertiary/aromatic N) is 2. The number of amides is 7. The number of carboxylic acids is 2. The number of aliphatic hydroxyl groups excluding tert-OH is 1. The van der Waals surface area contributed by atoms with Crippen LogP contribution in [0.15, 0.2) is 47.5 Å². The number of hydrogen-bond donors (Lipinski definition) is 12. The van der Waals surface area contributed by atoms with Gasteiger partial charge < -0.3 is 69.7 Å². The van der Waals surface area contributed by atoms with E-state index in [0.717, 1.165) is 10.8 Å². The van der Waals surface area contributed by atoms with Gasteiger partial charge in [0.15, 0.2) is 5.96 Å². The zero-order valence-corrected chi connectivity index (χ0v) is 34.8. The van der Waals surface area contributed by atoms with Gasteiger partial charge in [0.05, 0.1) is 12.6 Å². The minimum absolute atomic E-state index is 0.0391. The first-order chi connectivity index (χ1) is 29.8. The fourth-order valence-electron chi connectivity index (χ4n) is 6.70. The Morgan fingerprint density at radius 3 is 2.02 bits per heavy atom. The Bertz CT molecular complexity index is 2030. The maximum absolute atomic E-state index is 14.5. The largest absolute Gasteiger partial charge is 0.481 e. The van der Waals surface area contributed by atoms with Crippen molar-refractivity contribution in [2.45, 2.75) is 107 Å². The van der Waals surface area contributed by atoms with Crippen LogP contribution < -0.4 is 49.5 Å². The normalized spacial score (nSPS) is 16.2. The summed E-state index contributed by atoms with van der Waals surface area (Å²) in [6.45, 7) is 0.374. The average molecular weight is 884 g/mol. The molecular formula is C40H57N11O12. The first-order valence-electron chi connectivity index (χ1n) is 20.3. The van der Waals surface area contributed by atoms with Crippen LogP contribution in [0.5, 0.6) is 0 Å². The zero-order valence-electron chi connectivity index (χ0n) is 34.8. The number of rotatable bonds is 25. The number of primary amides is 1. The van der Waals surface area contributed by atoms with Crippen LogP contribution in [-0.4, -0.2) is 141 Å². The summed E-state index contributed by atoms with van der Waals surface area (Å²) < 4.78 is 0. The highest BCUT2D eigenvalue weighted by molar-refractivity contribution is 5.97. The number of nitrogens with one attached hydrogen (secondary N) is 5. The molecule has 1 aliphatic rings. The van der Waals surface area contributed by atoms with E-state index in [-0.39, 0.29) is 64.0 Å². The lowest BCUT2D eigenvalue weighted by Gasteiger charge is -2.31. The molecule has 0 saturated carbocycles. The lowest BCUT2D eigenvalue weighted by molar-refractivity contribution is -0.143. The summed E-state index contributed by atoms with van der Waals surface area (Å²) in [6, 6.07) is 3.17. The molecule has 2 aromatic rings. The number of carbonyl (C=O) groups excluding carboxylic acids is 7. The van der Waals surface area contributed by atoms with Crippen molar-refractivity contribution in [2.75, 3.05) is 19.7 Å². The summed E-state index contributed by atoms with van der Waals surface area (Å²) >= 11 is 0. The quantitative estimate of drug-likeness (QED) is 0.0261. The topological polar surface area (TPSA) is 394 Å². The first-order valence-corrected chi connectivity index (χ1v) is 20.3. The number of fused-ring (bicyclic) bond motifs is 1. The highest BCUT2D eigenvalue weighted by atomic mass is 16.4. The molecule has 0 bridgehead atoms. The molecule has 0 aliphatic carbocycles. The Kier molecular flexibility index (Phi) is 19.7. The van der Waals surface area contributed by atoms with Gasteiger partial charge in [-0.25, -0.2) is 0 Å². The van der Waals surface area contributed by atoms with Gasteiger partial charge >= 0.3 is 11.9 Å². The molecule has 63 heavy (non-hydrogen) atoms. The van der Waals surface area contributed by atoms with E-state index in [0.29, 0.717) is 12.0 Å². The van der Waals surface area contributed by atoms with Crippen molar-refractivity contribution in [2.24, 2.45) is 27.9 Å². The predicted molar refractivity (Wildman–Crippen MR) is 226 cm³/mol. The fourth-order valence-corrected chi connectivity index (χ4v) is 6.70. The smallest absolute Gasteiger partial charge is 0.325 e. The molecule has 0 aromatic heterocycles. The molecule has 0 unspecified atom stereocenters. The van der Waals surface area contributed by atoms with Gasteiger partial charge in [0.1, 0.15) is 36.3 Å². The van der Waals surface area contributed by atoms with E-state index in [1.54, 1.807) is 6.07 Å². The zero-order chi connectivity index (χ0) is 46.8. The maximum atomic E-state index is 14.5. The van der Waals surface area contributed by atoms with Crippen LogP contribution in [0, 0.1) is 0 Å². The number of carboxylic acid groups (broad SMARTS) is 2. The molecule has 23 heteroatoms. The number of nitrogens with two attached hydrogens (primary N) is 4. The number of guanidine groups is 1. The molecule has 1 aliphatic heterocycles. The van der Waals surface area contributed by atoms with E-state index in [1.165, 1.54) is 11.8 Å². The van der Waals surface area contributed by atoms with E-state index in [2.05, 4.69) is 31.6 Å². The van der Waals surface area contributed by atoms with Gasteiger partial charge in [-0.2, -0.15) is 0 Å². The summed E-state index contributed by atoms with van der Waals surface area (Å²) in [5.74, 6) is -8.77. The molecule has 1 fully saturated rings. The van der Waals surface area contributed by atoms with Crippen molar-refractivity contribution < 1.29 is 58.5 Å². The SMILES string of the molecule is C[C@H](NC(=O)[C@H](CCC(N)=O)NC(=O)[C@H](CCCN=C(N)N)NC(=O)[C@@H]1CCCN1C(=O)[C@H](Cc1ccc2ccccc2c1)NC(=O)[C@H](CO)NC(=O)[C@@H](N)CCC(=O)O)C(=O)O. The number of benzene rings is 2. The van der Waals surface area contributed by atoms with E-state index < -0.39 is 109 Å². The lowest BCUT2D eigenvalue weighted by Crippen LogP contribution is -2.60. The number of aliphatic hydroxyl groups is 1. The second-order valence-electron chi connectivity index (χ2n) is 15.1. The van der Waals surface area contributed by atoms with Crippen LogP contribution in [0.2, 0.25) is 0 Å². The van der Waals surface area contributed by atoms with Crippen LogP contribution in [0.25, 0.3) is 10.8 Å². The Balaban J connectivity index is 1.90. The lowest BCUT2D eigenvalue weighted by atomic mass is 10.00. The molecule has 0 radical (unpaired) electrons. The Morgan fingerprint density at radius 2 is 1.38 bits per heavy atom. The summed E-state index contributed by atoms with van der Waals surface area (Å²) in [4.78, 5) is 121. The highest BCUT2D eigenvalue weighted by Gasteiger charge is 2.40. The Hall–Kier alpha value is -6.88. The number of aliphatic imine (C=N–C) groups is 1. The van der Waals surface area contributed by atoms with E-state index in [1.807, 2.05) is 36.4 Å². The molecule has 16 N–H and O–H groups in total. The van der Waals surface area contributed by atoms with Crippen molar-refractivity contribution in [1.29, 1.82) is 0 Å². The van der Waals surface area contributed by atoms with Crippen molar-refractivity contribution in [3.05, 3.63) is 48.0 Å². The third-order valence-corrected chi connectivity index (χ3v) is 10.1. The summed E-state index contributed by atoms with van der Waals surface area (Å²) in [6.07, 6.45) is -0.911. The van der Waals surface area contributed by atoms with E-state index in [9.17, 15) is 53.4 Å². The molecular weight excluding hydrogens is 827 g/mol. The molecule has 0 spiro atoms. The van der Waals surface area contributed by atoms with Crippen LogP contribution in [0.3, 0.4) is 0 Å². The second-order valence-corrected chi connectivity index (χ2v) is 15.1. The summed E-state index contributed by atoms with van der Waals surface area (Å²) in [5.41, 5.74) is 22.6. The van der Waals surface area contributed by atoms with Crippen LogP contribution in [0.4, 0.5) is 0 Å². The van der Waals surface area contributed by atoms with Gasteiger partial charge in [-0.05, 0) is 61.8 Å². The first kappa shape index (κ1) is 50.5. The predicted octanol–water partition coefficient (Wildman–Crippen LogP) is -3.59. The number of aliphatic carboxylic acids is 2. The molecule has 344 valence electrons. The monoisotopic (exact) mass is 883 g/mol. The molecule has 1 saturated heterocycles. The number of likely N-dealkylation sites (tertiary alicyclic amines) is 1. The molecule has 1 heterocycles. The van der Waals surface area contributed by atoms with Crippen molar-refractivity contribution in [3.63, 3.8) is 0 Å². The minimum Gasteiger partial charge on any atom is -0.481 e. The molecule has 7 atom stereocenters. The van der Waals surface area contributed by atoms with E-state index >= 15 is 0 Å². The standard InChI is InChI=1S/C40H57N11O12/c1-21(39(62)63)46-34(57)27(13-14-31(42)53)47-35(58)26(8-4-16-45-40(43)44)48-37(60)30-9-5-17-51(30)38(61)28(19-22-10-11-23-6-2-3-7-24(23)18-22)49-36(59)29(20-52)50-33(56)25(41)12-15-32(54)55/h2-3,6-7,10-11,18,21,25-30,52H,4-5,8-9,12-17,19-20,41H2,1H3,(H2,42,53)(H,46,57)(H,47,58)(H,48,60)(H,49,59)(H,50,56)(H,54,55)(H,62,63)(H4,43,44,45)/t21-,25-,26-,27-,28-,29-,30-/m0/s1. The fraction of sp³-hybridized carbons (Fsp3) is 0.500. The molecule has 2 aromatic carbocycles. The minimum atomic E-state index is -1.60. The second kappa shape index (κ2) is 24.5. The van der Waals surface area contributed by atoms with Gasteiger partial charge in [-0.15, -0.1) is 0 Å². The maximum Gasteiger partial charge on any atom is 0.325 e. The Labute approximate surface area is 362 Å². The summed E-state index contributed by atoms with van der Waals surface area (Å²) in [7, 11) is 0. The van der Waals surface area contributed by atoms with Gasteiger partial charge in [0.2, 0.25) is 41.4 Å². The van der Waals surface area contributed by atoms with Crippen LogP contribution >= 0.6 is 0 Å². The van der Waals surface area contributed by atoms with Crippen molar-refractivity contribution in [1.82, 2.24) is 31.5 Å². The third-order valence-electron chi connectivity index (χ3n) is 10.1. The average Bonchev–Trinajstić information content (AvgIpc) is 3.73. The van der Waals surface area contributed by atoms with Gasteiger partial charge in [-0.1, -0.05) is 42.5 Å². The van der Waals surface area contributed by atoms with Gasteiger partial charge in [0.25, 0.3) is 0 Å². The van der Waals surface area contributed by atoms with E-state index in [4.69, 9.17) is 28.0 Å². The van der Waals surface area contributed by atoms with Crippen molar-refractivity contribution >= 4 is 70.0 Å². The number of hydrogen-bond acceptors (Lipinski definition) is 12. The van der Waals surface area contributed by atoms with Crippen LogP contribution in [-0.2, 0) is 49.6 Å². The summed E-state index contributed by atoms with van der Waals surface area (Å²) in [5, 5.41) is 42.3. The van der Waals surface area contributed by atoms with Gasteiger partial charge in [-0.3, -0.25) is 48.1 Å². The van der Waals surface area contributed by atoms with Crippen molar-refractivity contribution in [3.8, 4) is 0 Å². The highest BCUT2D eigenvalue weighted by Crippen LogP contribution is 2.22. The third kappa shape index (κ3) is 16.2. The number of carbonyl (C=O) groups is 9. The molecule has 3 rings (SSSR count). The van der Waals surface area contributed by atoms with Gasteiger partial charge in [0, 0.05) is 32.4 Å². The Morgan fingerprint density at radius 1 is 0.762 bits per heavy atom. The van der Waals surface area contributed by atoms with Crippen LogP contribution in [0.1, 0.15) is 63.9 Å².